The van der Waals surface area contributed by atoms with E-state index in [1.807, 2.05) is 11.8 Å². The van der Waals surface area contributed by atoms with Crippen molar-refractivity contribution in [2.75, 3.05) is 23.3 Å². The third-order valence-electron chi connectivity index (χ3n) is 6.55. The van der Waals surface area contributed by atoms with Crippen LogP contribution in [0.2, 0.25) is 0 Å². The highest BCUT2D eigenvalue weighted by atomic mass is 32.2. The highest BCUT2D eigenvalue weighted by Gasteiger charge is 2.49. The summed E-state index contributed by atoms with van der Waals surface area (Å²) in [5, 5.41) is 3.61. The molecule has 1 aromatic carbocycles. The number of hydrogen-bond donors (Lipinski definition) is 1. The number of anilines is 2. The molecule has 3 heterocycles. The minimum Gasteiger partial charge on any atom is -0.341 e. The summed E-state index contributed by atoms with van der Waals surface area (Å²) >= 11 is 1.85. The number of allylic oxidation sites excluding steroid dienone is 2. The van der Waals surface area contributed by atoms with Gasteiger partial charge in [0.15, 0.2) is 5.82 Å². The summed E-state index contributed by atoms with van der Waals surface area (Å²) < 4.78 is 39.2. The molecule has 1 N–H and O–H groups in total. The van der Waals surface area contributed by atoms with Gasteiger partial charge in [-0.25, -0.2) is 0 Å². The predicted octanol–water partition coefficient (Wildman–Crippen LogP) is 6.22. The third-order valence-corrected chi connectivity index (χ3v) is 8.04. The topological polar surface area (TPSA) is 53.9 Å². The van der Waals surface area contributed by atoms with Gasteiger partial charge in [-0.3, -0.25) is 0 Å². The van der Waals surface area contributed by atoms with Gasteiger partial charge in [0.25, 0.3) is 0 Å². The van der Waals surface area contributed by atoms with Gasteiger partial charge in [-0.05, 0) is 73.6 Å². The standard InChI is InChI=1S/C24H26F3N5S/c1-16-7-9-18-11-12-23(18,33-16)31-21-28-20(29-22(30-21)32-13-2-3-14-32)10-8-17-5-4-6-19(15-17)24(25,26)27/h4-8,10,15,18H,2-3,9,11-14H2,1H3,(H,28,29,30,31). The highest BCUT2D eigenvalue weighted by molar-refractivity contribution is 8.04. The molecule has 1 aromatic heterocycles. The van der Waals surface area contributed by atoms with Gasteiger partial charge in [-0.15, -0.1) is 11.8 Å². The zero-order chi connectivity index (χ0) is 23.1. The number of nitrogens with one attached hydrogen (secondary N) is 1. The second-order valence-corrected chi connectivity index (χ2v) is 10.4. The van der Waals surface area contributed by atoms with Crippen LogP contribution in [0.3, 0.4) is 0 Å². The largest absolute Gasteiger partial charge is 0.416 e. The van der Waals surface area contributed by atoms with Crippen molar-refractivity contribution in [3.8, 4) is 0 Å². The fraction of sp³-hybridized carbons (Fsp3) is 0.458. The Kier molecular flexibility index (Phi) is 5.84. The minimum absolute atomic E-state index is 0.0928. The molecule has 2 aliphatic heterocycles. The van der Waals surface area contributed by atoms with Crippen molar-refractivity contribution in [3.05, 3.63) is 52.2 Å². The van der Waals surface area contributed by atoms with E-state index in [-0.39, 0.29) is 4.87 Å². The first-order chi connectivity index (χ1) is 15.8. The number of aromatic nitrogens is 3. The molecule has 2 fully saturated rings. The summed E-state index contributed by atoms with van der Waals surface area (Å²) in [5.74, 6) is 2.13. The predicted molar refractivity (Wildman–Crippen MR) is 127 cm³/mol. The first-order valence-electron chi connectivity index (χ1n) is 11.3. The molecule has 0 bridgehead atoms. The lowest BCUT2D eigenvalue weighted by molar-refractivity contribution is -0.137. The van der Waals surface area contributed by atoms with Gasteiger partial charge in [-0.1, -0.05) is 24.3 Å². The van der Waals surface area contributed by atoms with E-state index >= 15 is 0 Å². The second-order valence-electron chi connectivity index (χ2n) is 8.87. The Hall–Kier alpha value is -2.55. The van der Waals surface area contributed by atoms with Crippen LogP contribution in [0.5, 0.6) is 0 Å². The third kappa shape index (κ3) is 4.74. The van der Waals surface area contributed by atoms with Gasteiger partial charge in [0.05, 0.1) is 10.4 Å². The average Bonchev–Trinajstić information content (AvgIpc) is 3.30. The molecular formula is C24H26F3N5S. The summed E-state index contributed by atoms with van der Waals surface area (Å²) in [6.45, 7) is 3.92. The molecular weight excluding hydrogens is 447 g/mol. The van der Waals surface area contributed by atoms with E-state index in [1.54, 1.807) is 18.2 Å². The molecule has 3 aliphatic rings. The zero-order valence-electron chi connectivity index (χ0n) is 18.4. The van der Waals surface area contributed by atoms with Crippen LogP contribution in [-0.4, -0.2) is 32.9 Å². The molecule has 2 aromatic rings. The Morgan fingerprint density at radius 2 is 1.97 bits per heavy atom. The Bertz CT molecular complexity index is 1090. The molecule has 9 heteroatoms. The number of hydrogen-bond acceptors (Lipinski definition) is 6. The van der Waals surface area contributed by atoms with Crippen molar-refractivity contribution in [1.82, 2.24) is 15.0 Å². The smallest absolute Gasteiger partial charge is 0.341 e. The average molecular weight is 474 g/mol. The first-order valence-corrected chi connectivity index (χ1v) is 12.1. The van der Waals surface area contributed by atoms with E-state index < -0.39 is 11.7 Å². The summed E-state index contributed by atoms with van der Waals surface area (Å²) in [6, 6.07) is 5.24. The minimum atomic E-state index is -4.38. The molecule has 33 heavy (non-hydrogen) atoms. The monoisotopic (exact) mass is 473 g/mol. The van der Waals surface area contributed by atoms with Crippen LogP contribution in [0.15, 0.2) is 35.2 Å². The number of halogens is 3. The molecule has 1 aliphatic carbocycles. The van der Waals surface area contributed by atoms with Crippen molar-refractivity contribution in [1.29, 1.82) is 0 Å². The summed E-state index contributed by atoms with van der Waals surface area (Å²) in [4.78, 5) is 17.3. The number of thioether (sulfide) groups is 1. The van der Waals surface area contributed by atoms with Gasteiger partial charge >= 0.3 is 6.18 Å². The van der Waals surface area contributed by atoms with E-state index in [0.717, 1.165) is 50.9 Å². The summed E-state index contributed by atoms with van der Waals surface area (Å²) in [6.07, 6.45) is 6.67. The molecule has 0 spiro atoms. The van der Waals surface area contributed by atoms with E-state index in [0.29, 0.717) is 29.2 Å². The Morgan fingerprint density at radius 3 is 2.70 bits per heavy atom. The van der Waals surface area contributed by atoms with E-state index in [1.165, 1.54) is 17.4 Å². The lowest BCUT2D eigenvalue weighted by Crippen LogP contribution is -2.52. The second kappa shape index (κ2) is 8.66. The van der Waals surface area contributed by atoms with Gasteiger partial charge in [0.1, 0.15) is 0 Å². The fourth-order valence-electron chi connectivity index (χ4n) is 4.63. The van der Waals surface area contributed by atoms with Crippen molar-refractivity contribution in [3.63, 3.8) is 0 Å². The molecule has 2 atom stereocenters. The lowest BCUT2D eigenvalue weighted by atomic mass is 9.76. The lowest BCUT2D eigenvalue weighted by Gasteiger charge is -2.51. The van der Waals surface area contributed by atoms with Crippen LogP contribution in [0.4, 0.5) is 25.1 Å². The first kappa shape index (κ1) is 22.3. The number of benzene rings is 1. The summed E-state index contributed by atoms with van der Waals surface area (Å²) in [7, 11) is 0. The molecule has 1 saturated heterocycles. The molecule has 5 nitrogen and oxygen atoms in total. The zero-order valence-corrected chi connectivity index (χ0v) is 19.2. The van der Waals surface area contributed by atoms with E-state index in [2.05, 4.69) is 33.2 Å². The van der Waals surface area contributed by atoms with Crippen LogP contribution in [-0.2, 0) is 6.18 Å². The van der Waals surface area contributed by atoms with Crippen molar-refractivity contribution in [2.24, 2.45) is 5.92 Å². The van der Waals surface area contributed by atoms with Crippen LogP contribution >= 0.6 is 11.8 Å². The van der Waals surface area contributed by atoms with Gasteiger partial charge in [0, 0.05) is 13.1 Å². The van der Waals surface area contributed by atoms with E-state index in [4.69, 9.17) is 4.98 Å². The Balaban J connectivity index is 1.44. The number of nitrogens with zero attached hydrogens (tertiary/aromatic N) is 4. The Morgan fingerprint density at radius 1 is 1.15 bits per heavy atom. The number of rotatable bonds is 5. The van der Waals surface area contributed by atoms with Crippen LogP contribution in [0, 0.1) is 5.92 Å². The van der Waals surface area contributed by atoms with Gasteiger partial charge in [-0.2, -0.15) is 28.1 Å². The van der Waals surface area contributed by atoms with Crippen molar-refractivity contribution >= 4 is 35.8 Å². The maximum absolute atomic E-state index is 13.1. The maximum atomic E-state index is 13.1. The number of fused-ring (bicyclic) bond motifs is 1. The van der Waals surface area contributed by atoms with Crippen LogP contribution in [0.25, 0.3) is 12.2 Å². The Labute approximate surface area is 195 Å². The molecule has 2 unspecified atom stereocenters. The quantitative estimate of drug-likeness (QED) is 0.556. The molecule has 1 saturated carbocycles. The number of alkyl halides is 3. The van der Waals surface area contributed by atoms with Crippen molar-refractivity contribution in [2.45, 2.75) is 50.1 Å². The highest BCUT2D eigenvalue weighted by Crippen LogP contribution is 2.55. The molecule has 0 radical (unpaired) electrons. The fourth-order valence-corrected chi connectivity index (χ4v) is 6.13. The molecule has 174 valence electrons. The summed E-state index contributed by atoms with van der Waals surface area (Å²) in [5.41, 5.74) is -0.225. The van der Waals surface area contributed by atoms with Crippen LogP contribution < -0.4 is 10.2 Å². The normalized spacial score (nSPS) is 25.0. The molecule has 5 rings (SSSR count). The van der Waals surface area contributed by atoms with E-state index in [9.17, 15) is 13.2 Å². The molecule has 0 amide bonds. The van der Waals surface area contributed by atoms with Crippen molar-refractivity contribution < 1.29 is 13.2 Å². The van der Waals surface area contributed by atoms with Crippen LogP contribution in [0.1, 0.15) is 56.0 Å². The SMILES string of the molecule is CC1=CCC2CCC2(Nc2nc(C=Cc3cccc(C(F)(F)F)c3)nc(N3CCCC3)n2)S1. The maximum Gasteiger partial charge on any atom is 0.416 e. The van der Waals surface area contributed by atoms with Gasteiger partial charge in [0.2, 0.25) is 11.9 Å². The van der Waals surface area contributed by atoms with Gasteiger partial charge < -0.3 is 10.2 Å².